The van der Waals surface area contributed by atoms with Crippen LogP contribution in [-0.2, 0) is 16.1 Å². The molecule has 0 aliphatic heterocycles. The summed E-state index contributed by atoms with van der Waals surface area (Å²) in [5, 5.41) is 3.57. The number of benzene rings is 2. The van der Waals surface area contributed by atoms with Crippen molar-refractivity contribution in [1.29, 1.82) is 0 Å². The average molecular weight is 426 g/mol. The maximum Gasteiger partial charge on any atom is 0.262 e. The Labute approximate surface area is 180 Å². The molecule has 0 saturated heterocycles. The Kier molecular flexibility index (Phi) is 7.29. The molecule has 0 bridgehead atoms. The maximum atomic E-state index is 12.9. The topological polar surface area (TPSA) is 73.2 Å². The van der Waals surface area contributed by atoms with E-state index in [-0.39, 0.29) is 11.5 Å². The van der Waals surface area contributed by atoms with Gasteiger partial charge in [0, 0.05) is 12.8 Å². The highest BCUT2D eigenvalue weighted by Gasteiger charge is 2.19. The number of nitrogens with zero attached hydrogens (tertiary/aromatic N) is 2. The number of carbonyl (C=O) groups is 1. The van der Waals surface area contributed by atoms with E-state index in [0.717, 1.165) is 5.69 Å². The maximum absolute atomic E-state index is 12.9. The number of amides is 1. The van der Waals surface area contributed by atoms with Gasteiger partial charge >= 0.3 is 0 Å². The van der Waals surface area contributed by atoms with E-state index < -0.39 is 5.25 Å². The van der Waals surface area contributed by atoms with Gasteiger partial charge in [-0.2, -0.15) is 0 Å². The van der Waals surface area contributed by atoms with Gasteiger partial charge in [-0.1, -0.05) is 49.9 Å². The number of carbonyl (C=O) groups excluding carboxylic acids is 1. The van der Waals surface area contributed by atoms with E-state index in [4.69, 9.17) is 4.74 Å². The van der Waals surface area contributed by atoms with Gasteiger partial charge < -0.3 is 10.1 Å². The van der Waals surface area contributed by atoms with Crippen molar-refractivity contribution >= 4 is 34.3 Å². The molecule has 3 aromatic rings. The predicted octanol–water partition coefficient (Wildman–Crippen LogP) is 4.29. The smallest absolute Gasteiger partial charge is 0.262 e. The summed E-state index contributed by atoms with van der Waals surface area (Å²) in [6.07, 6.45) is 0. The first kappa shape index (κ1) is 22.1. The summed E-state index contributed by atoms with van der Waals surface area (Å²) in [4.78, 5) is 30.3. The van der Waals surface area contributed by atoms with Crippen LogP contribution in [-0.4, -0.2) is 34.4 Å². The van der Waals surface area contributed by atoms with Crippen LogP contribution in [0.5, 0.6) is 0 Å². The number of hydrogen-bond donors (Lipinski definition) is 1. The Hall–Kier alpha value is -2.64. The second kappa shape index (κ2) is 9.91. The van der Waals surface area contributed by atoms with Crippen LogP contribution >= 0.6 is 11.8 Å². The van der Waals surface area contributed by atoms with Crippen molar-refractivity contribution in [2.45, 2.75) is 43.6 Å². The van der Waals surface area contributed by atoms with Crippen LogP contribution in [0, 0.1) is 0 Å². The number of thioether (sulfide) groups is 1. The van der Waals surface area contributed by atoms with Crippen LogP contribution in [0.1, 0.15) is 32.3 Å². The second-order valence-electron chi connectivity index (χ2n) is 7.39. The average Bonchev–Trinajstić information content (AvgIpc) is 2.74. The Morgan fingerprint density at radius 2 is 1.83 bits per heavy atom. The fourth-order valence-corrected chi connectivity index (χ4v) is 3.96. The van der Waals surface area contributed by atoms with E-state index in [1.807, 2.05) is 49.4 Å². The van der Waals surface area contributed by atoms with Crippen LogP contribution in [0.3, 0.4) is 0 Å². The van der Waals surface area contributed by atoms with Crippen molar-refractivity contribution < 1.29 is 9.53 Å². The van der Waals surface area contributed by atoms with E-state index in [0.29, 0.717) is 35.1 Å². The first-order chi connectivity index (χ1) is 14.4. The molecule has 3 rings (SSSR count). The molecule has 1 atom stereocenters. The SMILES string of the molecule is COCCn1c(S[C@H](C)C(=O)Nc2ccc(C(C)C)cc2)nc2ccccc2c1=O. The number of rotatable bonds is 8. The standard InChI is InChI=1S/C23H27N3O3S/c1-15(2)17-9-11-18(12-10-17)24-21(27)16(3)30-23-25-20-8-6-5-7-19(20)22(28)26(23)13-14-29-4/h5-12,15-16H,13-14H2,1-4H3,(H,24,27)/t16-/m1/s1. The van der Waals surface area contributed by atoms with Gasteiger partial charge in [-0.15, -0.1) is 0 Å². The summed E-state index contributed by atoms with van der Waals surface area (Å²) in [5.41, 5.74) is 2.46. The summed E-state index contributed by atoms with van der Waals surface area (Å²) in [7, 11) is 1.59. The third kappa shape index (κ3) is 5.09. The lowest BCUT2D eigenvalue weighted by atomic mass is 10.0. The molecule has 0 unspecified atom stereocenters. The van der Waals surface area contributed by atoms with Crippen molar-refractivity contribution in [3.63, 3.8) is 0 Å². The Balaban J connectivity index is 1.81. The van der Waals surface area contributed by atoms with Gasteiger partial charge in [0.05, 0.1) is 29.3 Å². The summed E-state index contributed by atoms with van der Waals surface area (Å²) >= 11 is 1.27. The number of methoxy groups -OCH3 is 1. The minimum atomic E-state index is -0.434. The van der Waals surface area contributed by atoms with Crippen molar-refractivity contribution in [3.05, 3.63) is 64.4 Å². The highest BCUT2D eigenvalue weighted by Crippen LogP contribution is 2.24. The van der Waals surface area contributed by atoms with Gasteiger partial charge in [-0.3, -0.25) is 14.2 Å². The minimum Gasteiger partial charge on any atom is -0.383 e. The Bertz CT molecular complexity index is 1080. The molecule has 30 heavy (non-hydrogen) atoms. The molecule has 7 heteroatoms. The van der Waals surface area contributed by atoms with Crippen molar-refractivity contribution in [2.24, 2.45) is 0 Å². The van der Waals surface area contributed by atoms with Crippen molar-refractivity contribution in [1.82, 2.24) is 9.55 Å². The fraction of sp³-hybridized carbons (Fsp3) is 0.348. The number of anilines is 1. The van der Waals surface area contributed by atoms with E-state index >= 15 is 0 Å². The van der Waals surface area contributed by atoms with E-state index in [9.17, 15) is 9.59 Å². The Morgan fingerprint density at radius 1 is 1.13 bits per heavy atom. The van der Waals surface area contributed by atoms with Crippen molar-refractivity contribution in [2.75, 3.05) is 19.0 Å². The van der Waals surface area contributed by atoms with Crippen LogP contribution in [0.25, 0.3) is 10.9 Å². The van der Waals surface area contributed by atoms with E-state index in [2.05, 4.69) is 24.1 Å². The molecule has 0 fully saturated rings. The molecule has 1 amide bonds. The lowest BCUT2D eigenvalue weighted by Gasteiger charge is -2.16. The molecule has 1 aromatic heterocycles. The molecule has 158 valence electrons. The summed E-state index contributed by atoms with van der Waals surface area (Å²) in [6.45, 7) is 6.83. The summed E-state index contributed by atoms with van der Waals surface area (Å²) in [6, 6.07) is 15.1. The molecule has 0 aliphatic rings. The van der Waals surface area contributed by atoms with Gasteiger partial charge in [-0.05, 0) is 42.7 Å². The lowest BCUT2D eigenvalue weighted by Crippen LogP contribution is -2.28. The Morgan fingerprint density at radius 3 is 2.50 bits per heavy atom. The number of para-hydroxylation sites is 1. The van der Waals surface area contributed by atoms with E-state index in [1.54, 1.807) is 17.7 Å². The number of ether oxygens (including phenoxy) is 1. The molecule has 1 N–H and O–H groups in total. The zero-order chi connectivity index (χ0) is 21.7. The normalized spacial score (nSPS) is 12.3. The minimum absolute atomic E-state index is 0.128. The van der Waals surface area contributed by atoms with Crippen molar-refractivity contribution in [3.8, 4) is 0 Å². The molecule has 0 aliphatic carbocycles. The highest BCUT2D eigenvalue weighted by molar-refractivity contribution is 8.00. The first-order valence-corrected chi connectivity index (χ1v) is 10.8. The van der Waals surface area contributed by atoms with Crippen LogP contribution in [0.4, 0.5) is 5.69 Å². The summed E-state index contributed by atoms with van der Waals surface area (Å²) in [5.74, 6) is 0.296. The number of fused-ring (bicyclic) bond motifs is 1. The van der Waals surface area contributed by atoms with Gasteiger partial charge in [0.2, 0.25) is 5.91 Å². The van der Waals surface area contributed by atoms with Gasteiger partial charge in [0.15, 0.2) is 5.16 Å². The third-order valence-corrected chi connectivity index (χ3v) is 5.93. The molecule has 0 saturated carbocycles. The molecule has 6 nitrogen and oxygen atoms in total. The summed E-state index contributed by atoms with van der Waals surface area (Å²) < 4.78 is 6.73. The number of aromatic nitrogens is 2. The van der Waals surface area contributed by atoms with E-state index in [1.165, 1.54) is 17.3 Å². The van der Waals surface area contributed by atoms with Crippen LogP contribution in [0.15, 0.2) is 58.5 Å². The van der Waals surface area contributed by atoms with Gasteiger partial charge in [0.25, 0.3) is 5.56 Å². The lowest BCUT2D eigenvalue weighted by molar-refractivity contribution is -0.115. The molecule has 1 heterocycles. The second-order valence-corrected chi connectivity index (χ2v) is 8.70. The highest BCUT2D eigenvalue weighted by atomic mass is 32.2. The quantitative estimate of drug-likeness (QED) is 0.431. The largest absolute Gasteiger partial charge is 0.383 e. The molecule has 0 spiro atoms. The third-order valence-electron chi connectivity index (χ3n) is 4.84. The molecular weight excluding hydrogens is 398 g/mol. The molecule has 2 aromatic carbocycles. The van der Waals surface area contributed by atoms with Gasteiger partial charge in [-0.25, -0.2) is 4.98 Å². The number of nitrogens with one attached hydrogen (secondary N) is 1. The predicted molar refractivity (Wildman–Crippen MR) is 122 cm³/mol. The first-order valence-electron chi connectivity index (χ1n) is 9.96. The van der Waals surface area contributed by atoms with Crippen LogP contribution < -0.4 is 10.9 Å². The zero-order valence-electron chi connectivity index (χ0n) is 17.7. The fourth-order valence-electron chi connectivity index (χ4n) is 3.02. The molecule has 0 radical (unpaired) electrons. The van der Waals surface area contributed by atoms with Gasteiger partial charge in [0.1, 0.15) is 0 Å². The van der Waals surface area contributed by atoms with Crippen LogP contribution in [0.2, 0.25) is 0 Å². The monoisotopic (exact) mass is 425 g/mol. The number of hydrogen-bond acceptors (Lipinski definition) is 5. The molecular formula is C23H27N3O3S. The zero-order valence-corrected chi connectivity index (χ0v) is 18.5.